The van der Waals surface area contributed by atoms with E-state index in [2.05, 4.69) is 74.6 Å². The SMILES string of the molecule is CC/C=C\C/C=C\C/C=C\C/C=C\CCCCCCCCCCCCCCCOCC(COP(=O)(O)OCC[N+](C)(C)C)OC(=O)CCCCCCCCC/C=C\CCCCCCCCC. The van der Waals surface area contributed by atoms with E-state index in [1.54, 1.807) is 0 Å². The zero-order valence-corrected chi connectivity index (χ0v) is 44.8. The van der Waals surface area contributed by atoms with Crippen LogP contribution in [-0.2, 0) is 27.9 Å². The lowest BCUT2D eigenvalue weighted by molar-refractivity contribution is -0.870. The van der Waals surface area contributed by atoms with E-state index in [1.165, 1.54) is 161 Å². The summed E-state index contributed by atoms with van der Waals surface area (Å²) in [4.78, 5) is 23.0. The van der Waals surface area contributed by atoms with Crippen LogP contribution in [0.3, 0.4) is 0 Å². The number of carbonyl (C=O) groups is 1. The maximum absolute atomic E-state index is 12.8. The number of carbonyl (C=O) groups excluding carboxylic acids is 1. The van der Waals surface area contributed by atoms with Gasteiger partial charge in [-0.2, -0.15) is 0 Å². The molecule has 0 spiro atoms. The van der Waals surface area contributed by atoms with Crippen LogP contribution in [0.15, 0.2) is 60.8 Å². The number of likely N-dealkylation sites (N-methyl/N-ethyl adjacent to an activating group) is 1. The normalized spacial score (nSPS) is 14.0. The van der Waals surface area contributed by atoms with Gasteiger partial charge in [-0.1, -0.05) is 216 Å². The lowest BCUT2D eigenvalue weighted by Gasteiger charge is -2.24. The molecule has 0 radical (unpaired) electrons. The van der Waals surface area contributed by atoms with Gasteiger partial charge in [-0.05, 0) is 77.0 Å². The van der Waals surface area contributed by atoms with Gasteiger partial charge in [-0.15, -0.1) is 0 Å². The summed E-state index contributed by atoms with van der Waals surface area (Å²) >= 11 is 0. The molecule has 1 N–H and O–H groups in total. The highest BCUT2D eigenvalue weighted by molar-refractivity contribution is 7.47. The average Bonchev–Trinajstić information content (AvgIpc) is 3.28. The minimum absolute atomic E-state index is 0.0866. The van der Waals surface area contributed by atoms with Crippen molar-refractivity contribution in [2.45, 2.75) is 245 Å². The van der Waals surface area contributed by atoms with E-state index in [-0.39, 0.29) is 25.8 Å². The average molecular weight is 949 g/mol. The Bertz CT molecular complexity index is 1240. The highest BCUT2D eigenvalue weighted by atomic mass is 31.2. The lowest BCUT2D eigenvalue weighted by atomic mass is 10.0. The standard InChI is InChI=1S/C57H106NO7P/c1-6-8-10-12-14-16-18-20-22-24-26-27-28-29-30-31-32-33-35-37-39-41-43-45-47-49-52-62-54-56(55-64-66(60,61)63-53-51-58(3,4)5)65-57(59)50-48-46-44-42-40-38-36-34-25-23-21-19-17-15-13-11-9-7-2/h8,10,14,16,20,22-23,25-27,56H,6-7,9,11-13,15,17-19,21,24,28-55H2,1-5H3/p+1/b10-8-,16-14-,22-20-,25-23-,27-26-. The predicted molar refractivity (Wildman–Crippen MR) is 284 cm³/mol. The number of phosphoric ester groups is 1. The fourth-order valence-corrected chi connectivity index (χ4v) is 8.34. The van der Waals surface area contributed by atoms with Gasteiger partial charge in [-0.25, -0.2) is 4.57 Å². The Balaban J connectivity index is 4.08. The van der Waals surface area contributed by atoms with Crippen LogP contribution in [0.1, 0.15) is 239 Å². The second-order valence-corrected chi connectivity index (χ2v) is 21.0. The largest absolute Gasteiger partial charge is 0.472 e. The molecule has 0 fully saturated rings. The van der Waals surface area contributed by atoms with Gasteiger partial charge < -0.3 is 18.9 Å². The maximum Gasteiger partial charge on any atom is 0.472 e. The van der Waals surface area contributed by atoms with Gasteiger partial charge in [0, 0.05) is 13.0 Å². The number of ether oxygens (including phenoxy) is 2. The third-order valence-corrected chi connectivity index (χ3v) is 12.8. The van der Waals surface area contributed by atoms with E-state index in [1.807, 2.05) is 21.1 Å². The minimum atomic E-state index is -4.29. The van der Waals surface area contributed by atoms with Crippen molar-refractivity contribution in [3.05, 3.63) is 60.8 Å². The minimum Gasteiger partial charge on any atom is -0.457 e. The molecule has 0 amide bonds. The zero-order chi connectivity index (χ0) is 48.3. The first kappa shape index (κ1) is 64.2. The number of unbranched alkanes of at least 4 members (excludes halogenated alkanes) is 27. The van der Waals surface area contributed by atoms with Crippen molar-refractivity contribution in [1.82, 2.24) is 0 Å². The molecule has 0 aliphatic heterocycles. The number of nitrogens with zero attached hydrogens (tertiary/aromatic N) is 1. The van der Waals surface area contributed by atoms with E-state index in [0.29, 0.717) is 24.1 Å². The van der Waals surface area contributed by atoms with Gasteiger partial charge in [0.25, 0.3) is 0 Å². The van der Waals surface area contributed by atoms with Crippen molar-refractivity contribution in [3.8, 4) is 0 Å². The molecular weight excluding hydrogens is 842 g/mol. The van der Waals surface area contributed by atoms with Crippen LogP contribution in [0.5, 0.6) is 0 Å². The maximum atomic E-state index is 12.8. The van der Waals surface area contributed by atoms with Crippen LogP contribution in [-0.4, -0.2) is 75.6 Å². The summed E-state index contributed by atoms with van der Waals surface area (Å²) in [6.07, 6.45) is 64.2. The van der Waals surface area contributed by atoms with E-state index in [9.17, 15) is 14.3 Å². The monoisotopic (exact) mass is 949 g/mol. The molecule has 0 heterocycles. The molecule has 2 unspecified atom stereocenters. The van der Waals surface area contributed by atoms with Gasteiger partial charge >= 0.3 is 13.8 Å². The molecule has 0 aliphatic carbocycles. The Hall–Kier alpha value is -1.80. The molecule has 0 aromatic carbocycles. The third kappa shape index (κ3) is 53.2. The molecule has 66 heavy (non-hydrogen) atoms. The van der Waals surface area contributed by atoms with Crippen LogP contribution in [0, 0.1) is 0 Å². The summed E-state index contributed by atoms with van der Waals surface area (Å²) in [7, 11) is 1.67. The number of quaternary nitrogens is 1. The molecule has 0 aliphatic rings. The number of hydrogen-bond donors (Lipinski definition) is 1. The molecule has 386 valence electrons. The van der Waals surface area contributed by atoms with E-state index < -0.39 is 13.9 Å². The number of hydrogen-bond acceptors (Lipinski definition) is 6. The van der Waals surface area contributed by atoms with Crippen molar-refractivity contribution in [1.29, 1.82) is 0 Å². The topological polar surface area (TPSA) is 91.3 Å². The Morgan fingerprint density at radius 3 is 1.33 bits per heavy atom. The highest BCUT2D eigenvalue weighted by Crippen LogP contribution is 2.43. The molecule has 9 heteroatoms. The lowest BCUT2D eigenvalue weighted by Crippen LogP contribution is -2.37. The van der Waals surface area contributed by atoms with Crippen LogP contribution < -0.4 is 0 Å². The van der Waals surface area contributed by atoms with Crippen molar-refractivity contribution in [2.24, 2.45) is 0 Å². The summed E-state index contributed by atoms with van der Waals surface area (Å²) in [6.45, 7) is 5.53. The second-order valence-electron chi connectivity index (χ2n) is 19.6. The van der Waals surface area contributed by atoms with Gasteiger partial charge in [0.15, 0.2) is 0 Å². The van der Waals surface area contributed by atoms with Crippen LogP contribution in [0.25, 0.3) is 0 Å². The van der Waals surface area contributed by atoms with Crippen LogP contribution in [0.2, 0.25) is 0 Å². The first-order valence-corrected chi connectivity index (χ1v) is 29.0. The Kier molecular flexibility index (Phi) is 48.3. The molecule has 0 saturated carbocycles. The Morgan fingerprint density at radius 1 is 0.485 bits per heavy atom. The smallest absolute Gasteiger partial charge is 0.457 e. The zero-order valence-electron chi connectivity index (χ0n) is 43.9. The molecule has 2 atom stereocenters. The summed E-state index contributed by atoms with van der Waals surface area (Å²) in [5, 5.41) is 0. The third-order valence-electron chi connectivity index (χ3n) is 11.8. The van der Waals surface area contributed by atoms with Gasteiger partial charge in [0.05, 0.1) is 34.4 Å². The second kappa shape index (κ2) is 49.6. The Morgan fingerprint density at radius 2 is 0.879 bits per heavy atom. The van der Waals surface area contributed by atoms with Crippen molar-refractivity contribution in [2.75, 3.05) is 54.1 Å². The fourth-order valence-electron chi connectivity index (χ4n) is 7.60. The fraction of sp³-hybridized carbons (Fsp3) is 0.807. The molecule has 0 rings (SSSR count). The Labute approximate surface area is 409 Å². The van der Waals surface area contributed by atoms with Gasteiger partial charge in [0.1, 0.15) is 19.3 Å². The number of esters is 1. The van der Waals surface area contributed by atoms with Crippen molar-refractivity contribution < 1.29 is 37.3 Å². The molecule has 0 aromatic rings. The molecule has 0 saturated heterocycles. The summed E-state index contributed by atoms with van der Waals surface area (Å²) in [5.74, 6) is -0.317. The first-order valence-electron chi connectivity index (χ1n) is 27.5. The van der Waals surface area contributed by atoms with Crippen molar-refractivity contribution in [3.63, 3.8) is 0 Å². The summed E-state index contributed by atoms with van der Waals surface area (Å²) in [5.41, 5.74) is 0. The summed E-state index contributed by atoms with van der Waals surface area (Å²) < 4.78 is 35.2. The van der Waals surface area contributed by atoms with Crippen LogP contribution >= 0.6 is 7.82 Å². The molecule has 0 aromatic heterocycles. The summed E-state index contributed by atoms with van der Waals surface area (Å²) in [6, 6.07) is 0. The number of allylic oxidation sites excluding steroid dienone is 10. The van der Waals surface area contributed by atoms with Crippen LogP contribution in [0.4, 0.5) is 0 Å². The first-order chi connectivity index (χ1) is 32.1. The molecule has 0 bridgehead atoms. The van der Waals surface area contributed by atoms with Crippen molar-refractivity contribution >= 4 is 13.8 Å². The molecular formula is C57H107NO7P+. The quantitative estimate of drug-likeness (QED) is 0.0213. The van der Waals surface area contributed by atoms with Gasteiger partial charge in [-0.3, -0.25) is 13.8 Å². The highest BCUT2D eigenvalue weighted by Gasteiger charge is 2.26. The van der Waals surface area contributed by atoms with E-state index in [4.69, 9.17) is 18.5 Å². The molecule has 8 nitrogen and oxygen atoms in total. The number of phosphoric acid groups is 1. The predicted octanol–water partition coefficient (Wildman–Crippen LogP) is 17.2. The van der Waals surface area contributed by atoms with E-state index >= 15 is 0 Å². The van der Waals surface area contributed by atoms with E-state index in [0.717, 1.165) is 57.8 Å². The number of rotatable bonds is 51. The van der Waals surface area contributed by atoms with Gasteiger partial charge in [0.2, 0.25) is 0 Å².